The summed E-state index contributed by atoms with van der Waals surface area (Å²) in [6.45, 7) is 1.93. The van der Waals surface area contributed by atoms with Crippen molar-refractivity contribution in [2.24, 2.45) is 0 Å². The summed E-state index contributed by atoms with van der Waals surface area (Å²) in [6, 6.07) is 24.1. The second-order valence-corrected chi connectivity index (χ2v) is 8.86. The summed E-state index contributed by atoms with van der Waals surface area (Å²) in [7, 11) is -3.62. The molecule has 0 saturated heterocycles. The molecule has 0 fully saturated rings. The fourth-order valence-electron chi connectivity index (χ4n) is 2.77. The standard InChI is InChI=1S/C21H20BrNO2S/c1-16-10-12-20(13-11-16)26(24,25)23-21(14-17-6-3-2-4-7-17)18-8-5-9-19(22)15-18/h2-13,15,21,23H,14H2,1H3. The Hall–Kier alpha value is -1.95. The molecule has 0 saturated carbocycles. The Morgan fingerprint density at radius 1 is 0.923 bits per heavy atom. The summed E-state index contributed by atoms with van der Waals surface area (Å²) in [6.07, 6.45) is 0.572. The third kappa shape index (κ3) is 4.81. The van der Waals surface area contributed by atoms with Crippen molar-refractivity contribution >= 4 is 26.0 Å². The van der Waals surface area contributed by atoms with Gasteiger partial charge in [-0.2, -0.15) is 0 Å². The second kappa shape index (κ2) is 8.16. The predicted octanol–water partition coefficient (Wildman–Crippen LogP) is 5.02. The third-order valence-corrected chi connectivity index (χ3v) is 6.14. The van der Waals surface area contributed by atoms with Gasteiger partial charge in [-0.25, -0.2) is 13.1 Å². The minimum Gasteiger partial charge on any atom is -0.207 e. The second-order valence-electron chi connectivity index (χ2n) is 6.23. The molecule has 1 N–H and O–H groups in total. The topological polar surface area (TPSA) is 46.2 Å². The van der Waals surface area contributed by atoms with Crippen LogP contribution in [0.1, 0.15) is 22.7 Å². The number of sulfonamides is 1. The molecule has 1 atom stereocenters. The summed E-state index contributed by atoms with van der Waals surface area (Å²) in [5.74, 6) is 0. The van der Waals surface area contributed by atoms with Gasteiger partial charge in [0.1, 0.15) is 0 Å². The highest BCUT2D eigenvalue weighted by atomic mass is 79.9. The van der Waals surface area contributed by atoms with Crippen LogP contribution in [0.4, 0.5) is 0 Å². The van der Waals surface area contributed by atoms with Crippen LogP contribution in [0.3, 0.4) is 0 Å². The Kier molecular flexibility index (Phi) is 5.91. The molecule has 0 aliphatic rings. The first-order valence-corrected chi connectivity index (χ1v) is 10.6. The average Bonchev–Trinajstić information content (AvgIpc) is 2.62. The summed E-state index contributed by atoms with van der Waals surface area (Å²) < 4.78 is 29.6. The number of rotatable bonds is 6. The molecule has 3 nitrogen and oxygen atoms in total. The maximum atomic E-state index is 12.9. The molecule has 3 aromatic carbocycles. The Balaban J connectivity index is 1.93. The molecule has 5 heteroatoms. The highest BCUT2D eigenvalue weighted by molar-refractivity contribution is 9.10. The van der Waals surface area contributed by atoms with E-state index in [4.69, 9.17) is 0 Å². The summed E-state index contributed by atoms with van der Waals surface area (Å²) >= 11 is 3.47. The third-order valence-electron chi connectivity index (χ3n) is 4.16. The zero-order valence-corrected chi connectivity index (χ0v) is 16.8. The molecular weight excluding hydrogens is 410 g/mol. The van der Waals surface area contributed by atoms with Gasteiger partial charge in [0.25, 0.3) is 0 Å². The van der Waals surface area contributed by atoms with Crippen LogP contribution in [-0.4, -0.2) is 8.42 Å². The predicted molar refractivity (Wildman–Crippen MR) is 109 cm³/mol. The highest BCUT2D eigenvalue weighted by Crippen LogP contribution is 2.24. The van der Waals surface area contributed by atoms with Gasteiger partial charge >= 0.3 is 0 Å². The minimum atomic E-state index is -3.62. The SMILES string of the molecule is Cc1ccc(S(=O)(=O)NC(Cc2ccccc2)c2cccc(Br)c2)cc1. The number of aryl methyl sites for hydroxylation is 1. The van der Waals surface area contributed by atoms with Crippen LogP contribution in [0.15, 0.2) is 88.2 Å². The molecule has 0 amide bonds. The van der Waals surface area contributed by atoms with Crippen LogP contribution >= 0.6 is 15.9 Å². The van der Waals surface area contributed by atoms with Crippen molar-refractivity contribution in [2.45, 2.75) is 24.3 Å². The molecule has 0 radical (unpaired) electrons. The van der Waals surface area contributed by atoms with Crippen molar-refractivity contribution in [3.8, 4) is 0 Å². The van der Waals surface area contributed by atoms with Crippen molar-refractivity contribution in [3.05, 3.63) is 100 Å². The number of benzene rings is 3. The van der Waals surface area contributed by atoms with Crippen molar-refractivity contribution in [1.82, 2.24) is 4.72 Å². The molecular formula is C21H20BrNO2S. The van der Waals surface area contributed by atoms with Crippen molar-refractivity contribution in [2.75, 3.05) is 0 Å². The minimum absolute atomic E-state index is 0.274. The van der Waals surface area contributed by atoms with Gasteiger partial charge in [-0.3, -0.25) is 0 Å². The van der Waals surface area contributed by atoms with Crippen LogP contribution in [0.2, 0.25) is 0 Å². The van der Waals surface area contributed by atoms with E-state index >= 15 is 0 Å². The number of halogens is 1. The van der Waals surface area contributed by atoms with E-state index in [-0.39, 0.29) is 10.9 Å². The van der Waals surface area contributed by atoms with Crippen LogP contribution in [0, 0.1) is 6.92 Å². The van der Waals surface area contributed by atoms with E-state index in [0.717, 1.165) is 21.2 Å². The molecule has 3 aromatic rings. The number of nitrogens with one attached hydrogen (secondary N) is 1. The van der Waals surface area contributed by atoms with Gasteiger partial charge in [0.05, 0.1) is 10.9 Å². The molecule has 0 bridgehead atoms. The molecule has 0 spiro atoms. The monoisotopic (exact) mass is 429 g/mol. The average molecular weight is 430 g/mol. The van der Waals surface area contributed by atoms with Crippen LogP contribution in [-0.2, 0) is 16.4 Å². The fraction of sp³-hybridized carbons (Fsp3) is 0.143. The molecule has 0 aliphatic carbocycles. The first kappa shape index (κ1) is 18.8. The Bertz CT molecular complexity index is 970. The lowest BCUT2D eigenvalue weighted by Gasteiger charge is -2.20. The van der Waals surface area contributed by atoms with Gasteiger partial charge in [0, 0.05) is 4.47 Å². The molecule has 1 unspecified atom stereocenters. The number of hydrogen-bond donors (Lipinski definition) is 1. The van der Waals surface area contributed by atoms with Crippen molar-refractivity contribution in [3.63, 3.8) is 0 Å². The van der Waals surface area contributed by atoms with Gasteiger partial charge in [0.15, 0.2) is 0 Å². The maximum absolute atomic E-state index is 12.9. The van der Waals surface area contributed by atoms with E-state index in [1.54, 1.807) is 24.3 Å². The van der Waals surface area contributed by atoms with E-state index < -0.39 is 10.0 Å². The smallest absolute Gasteiger partial charge is 0.207 e. The van der Waals surface area contributed by atoms with Gasteiger partial charge < -0.3 is 0 Å². The molecule has 134 valence electrons. The maximum Gasteiger partial charge on any atom is 0.241 e. The van der Waals surface area contributed by atoms with E-state index in [1.165, 1.54) is 0 Å². The van der Waals surface area contributed by atoms with Gasteiger partial charge in [-0.15, -0.1) is 0 Å². The molecule has 0 aliphatic heterocycles. The van der Waals surface area contributed by atoms with Gasteiger partial charge in [-0.1, -0.05) is 76.1 Å². The lowest BCUT2D eigenvalue weighted by atomic mass is 10.00. The molecule has 0 aromatic heterocycles. The van der Waals surface area contributed by atoms with Gasteiger partial charge in [0.2, 0.25) is 10.0 Å². The summed E-state index contributed by atoms with van der Waals surface area (Å²) in [5.41, 5.74) is 3.01. The van der Waals surface area contributed by atoms with Crippen LogP contribution in [0.5, 0.6) is 0 Å². The summed E-state index contributed by atoms with van der Waals surface area (Å²) in [5, 5.41) is 0. The normalized spacial score (nSPS) is 12.7. The molecule has 26 heavy (non-hydrogen) atoms. The Morgan fingerprint density at radius 3 is 2.27 bits per heavy atom. The van der Waals surface area contributed by atoms with Crippen LogP contribution < -0.4 is 4.72 Å². The first-order chi connectivity index (χ1) is 12.4. The Morgan fingerprint density at radius 2 is 1.62 bits per heavy atom. The largest absolute Gasteiger partial charge is 0.241 e. The Labute approximate surface area is 163 Å². The molecule has 3 rings (SSSR count). The van der Waals surface area contributed by atoms with E-state index in [1.807, 2.05) is 61.5 Å². The number of hydrogen-bond acceptors (Lipinski definition) is 2. The van der Waals surface area contributed by atoms with E-state index in [2.05, 4.69) is 20.7 Å². The summed E-state index contributed by atoms with van der Waals surface area (Å²) in [4.78, 5) is 0.274. The first-order valence-electron chi connectivity index (χ1n) is 8.32. The highest BCUT2D eigenvalue weighted by Gasteiger charge is 2.22. The lowest BCUT2D eigenvalue weighted by Crippen LogP contribution is -2.30. The molecule has 0 heterocycles. The van der Waals surface area contributed by atoms with Crippen LogP contribution in [0.25, 0.3) is 0 Å². The fourth-order valence-corrected chi connectivity index (χ4v) is 4.41. The van der Waals surface area contributed by atoms with Gasteiger partial charge in [-0.05, 0) is 48.7 Å². The quantitative estimate of drug-likeness (QED) is 0.597. The van der Waals surface area contributed by atoms with E-state index in [0.29, 0.717) is 6.42 Å². The zero-order chi connectivity index (χ0) is 18.6. The van der Waals surface area contributed by atoms with Crippen molar-refractivity contribution < 1.29 is 8.42 Å². The lowest BCUT2D eigenvalue weighted by molar-refractivity contribution is 0.554. The zero-order valence-electron chi connectivity index (χ0n) is 14.4. The van der Waals surface area contributed by atoms with Crippen molar-refractivity contribution in [1.29, 1.82) is 0 Å². The van der Waals surface area contributed by atoms with E-state index in [9.17, 15) is 8.42 Å².